The van der Waals surface area contributed by atoms with Crippen molar-refractivity contribution in [1.29, 1.82) is 0 Å². The molecule has 3 rings (SSSR count). The molecule has 1 N–H and O–H groups in total. The van der Waals surface area contributed by atoms with E-state index in [2.05, 4.69) is 17.4 Å². The normalized spacial score (nSPS) is 15.1. The summed E-state index contributed by atoms with van der Waals surface area (Å²) >= 11 is 0. The molecule has 30 heavy (non-hydrogen) atoms. The third-order valence-corrected chi connectivity index (χ3v) is 5.56. The molecule has 158 valence electrons. The zero-order chi connectivity index (χ0) is 21.5. The molecule has 0 aliphatic carbocycles. The van der Waals surface area contributed by atoms with Crippen LogP contribution >= 0.6 is 0 Å². The first-order chi connectivity index (χ1) is 14.5. The van der Waals surface area contributed by atoms with Gasteiger partial charge in [0.1, 0.15) is 6.54 Å². The van der Waals surface area contributed by atoms with Crippen molar-refractivity contribution in [3.05, 3.63) is 65.7 Å². The summed E-state index contributed by atoms with van der Waals surface area (Å²) < 4.78 is 0. The van der Waals surface area contributed by atoms with E-state index in [4.69, 9.17) is 0 Å². The summed E-state index contributed by atoms with van der Waals surface area (Å²) in [6.45, 7) is 5.59. The molecular formula is C24H29N3O3. The van der Waals surface area contributed by atoms with E-state index in [1.807, 2.05) is 36.9 Å². The zero-order valence-corrected chi connectivity index (χ0v) is 17.6. The minimum absolute atomic E-state index is 0.0354. The highest BCUT2D eigenvalue weighted by Gasteiger charge is 2.27. The molecular weight excluding hydrogens is 378 g/mol. The fourth-order valence-corrected chi connectivity index (χ4v) is 3.39. The molecule has 3 amide bonds. The fourth-order valence-electron chi connectivity index (χ4n) is 3.39. The van der Waals surface area contributed by atoms with Crippen molar-refractivity contribution in [2.45, 2.75) is 26.7 Å². The molecule has 0 spiro atoms. The van der Waals surface area contributed by atoms with Gasteiger partial charge in [-0.05, 0) is 36.6 Å². The number of nitrogens with zero attached hydrogens (tertiary/aromatic N) is 2. The highest BCUT2D eigenvalue weighted by atomic mass is 16.2. The number of carbonyl (C=O) groups is 3. The lowest BCUT2D eigenvalue weighted by molar-refractivity contribution is -0.134. The smallest absolute Gasteiger partial charge is 0.254 e. The largest absolute Gasteiger partial charge is 0.339 e. The second kappa shape index (κ2) is 10.1. The van der Waals surface area contributed by atoms with Crippen LogP contribution in [-0.4, -0.2) is 53.7 Å². The van der Waals surface area contributed by atoms with Crippen LogP contribution in [-0.2, 0) is 16.0 Å². The van der Waals surface area contributed by atoms with Crippen molar-refractivity contribution in [3.63, 3.8) is 0 Å². The molecule has 0 saturated carbocycles. The number of rotatable bonds is 7. The lowest BCUT2D eigenvalue weighted by Gasteiger charge is -2.34. The summed E-state index contributed by atoms with van der Waals surface area (Å²) in [5.74, 6) is -0.382. The Labute approximate surface area is 177 Å². The highest BCUT2D eigenvalue weighted by Crippen LogP contribution is 2.16. The number of nitrogens with one attached hydrogen (secondary N) is 1. The second-order valence-corrected chi connectivity index (χ2v) is 7.72. The highest BCUT2D eigenvalue weighted by molar-refractivity contribution is 5.99. The Morgan fingerprint density at radius 1 is 1.07 bits per heavy atom. The van der Waals surface area contributed by atoms with Crippen molar-refractivity contribution in [1.82, 2.24) is 9.80 Å². The van der Waals surface area contributed by atoms with Crippen molar-refractivity contribution in [2.24, 2.45) is 5.92 Å². The molecule has 2 aromatic rings. The number of benzene rings is 2. The summed E-state index contributed by atoms with van der Waals surface area (Å²) in [5, 5.41) is 2.85. The van der Waals surface area contributed by atoms with Gasteiger partial charge >= 0.3 is 0 Å². The van der Waals surface area contributed by atoms with Gasteiger partial charge in [-0.25, -0.2) is 0 Å². The topological polar surface area (TPSA) is 69.7 Å². The van der Waals surface area contributed by atoms with Crippen LogP contribution in [0.25, 0.3) is 0 Å². The van der Waals surface area contributed by atoms with Gasteiger partial charge in [-0.3, -0.25) is 14.4 Å². The molecule has 6 heteroatoms. The number of anilines is 1. The minimum Gasteiger partial charge on any atom is -0.339 e. The van der Waals surface area contributed by atoms with Crippen LogP contribution in [0.2, 0.25) is 0 Å². The molecule has 2 aromatic carbocycles. The van der Waals surface area contributed by atoms with Gasteiger partial charge in [0.15, 0.2) is 0 Å². The second-order valence-electron chi connectivity index (χ2n) is 7.72. The van der Waals surface area contributed by atoms with Crippen molar-refractivity contribution >= 4 is 23.4 Å². The summed E-state index contributed by atoms with van der Waals surface area (Å²) in [6.07, 6.45) is 1.56. The Balaban J connectivity index is 1.57. The average Bonchev–Trinajstić information content (AvgIpc) is 2.78. The molecule has 1 heterocycles. The van der Waals surface area contributed by atoms with Gasteiger partial charge in [0.05, 0.1) is 0 Å². The Morgan fingerprint density at radius 3 is 2.53 bits per heavy atom. The van der Waals surface area contributed by atoms with Crippen molar-refractivity contribution < 1.29 is 14.4 Å². The van der Waals surface area contributed by atoms with Gasteiger partial charge in [0, 0.05) is 36.8 Å². The first-order valence-electron chi connectivity index (χ1n) is 10.5. The van der Waals surface area contributed by atoms with Crippen LogP contribution in [0.5, 0.6) is 0 Å². The maximum Gasteiger partial charge on any atom is 0.254 e. The predicted octanol–water partition coefficient (Wildman–Crippen LogP) is 3.20. The number of carbonyl (C=O) groups excluding carboxylic acids is 3. The number of hydrogen-bond acceptors (Lipinski definition) is 3. The first kappa shape index (κ1) is 21.6. The summed E-state index contributed by atoms with van der Waals surface area (Å²) in [6, 6.07) is 17.0. The number of amides is 3. The van der Waals surface area contributed by atoms with E-state index in [-0.39, 0.29) is 30.2 Å². The van der Waals surface area contributed by atoms with E-state index < -0.39 is 0 Å². The van der Waals surface area contributed by atoms with Crippen LogP contribution in [0, 0.1) is 5.92 Å². The molecule has 0 aromatic heterocycles. The molecule has 0 radical (unpaired) electrons. The van der Waals surface area contributed by atoms with Gasteiger partial charge in [0.2, 0.25) is 11.8 Å². The molecule has 6 nitrogen and oxygen atoms in total. The van der Waals surface area contributed by atoms with Gasteiger partial charge in [0.25, 0.3) is 5.91 Å². The third-order valence-electron chi connectivity index (χ3n) is 5.56. The van der Waals surface area contributed by atoms with E-state index in [1.54, 1.807) is 29.2 Å². The minimum atomic E-state index is -0.189. The van der Waals surface area contributed by atoms with E-state index in [9.17, 15) is 14.4 Å². The lowest BCUT2D eigenvalue weighted by atomic mass is 10.1. The molecule has 1 fully saturated rings. The average molecular weight is 408 g/mol. The third kappa shape index (κ3) is 5.47. The Hall–Kier alpha value is -3.15. The fraction of sp³-hybridized carbons (Fsp3) is 0.375. The lowest BCUT2D eigenvalue weighted by Crippen LogP contribution is -2.52. The van der Waals surface area contributed by atoms with Crippen LogP contribution < -0.4 is 5.32 Å². The Morgan fingerprint density at radius 2 is 1.83 bits per heavy atom. The van der Waals surface area contributed by atoms with E-state index >= 15 is 0 Å². The quantitative estimate of drug-likeness (QED) is 0.766. The van der Waals surface area contributed by atoms with Crippen molar-refractivity contribution in [2.75, 3.05) is 31.5 Å². The van der Waals surface area contributed by atoms with Gasteiger partial charge in [-0.2, -0.15) is 0 Å². The van der Waals surface area contributed by atoms with Crippen LogP contribution in [0.1, 0.15) is 36.2 Å². The van der Waals surface area contributed by atoms with E-state index in [0.29, 0.717) is 30.9 Å². The zero-order valence-electron chi connectivity index (χ0n) is 17.6. The van der Waals surface area contributed by atoms with Crippen LogP contribution in [0.3, 0.4) is 0 Å². The summed E-state index contributed by atoms with van der Waals surface area (Å²) in [7, 11) is 0. The molecule has 0 bridgehead atoms. The van der Waals surface area contributed by atoms with Crippen LogP contribution in [0.15, 0.2) is 54.6 Å². The molecule has 1 aliphatic heterocycles. The van der Waals surface area contributed by atoms with Crippen LogP contribution in [0.4, 0.5) is 5.69 Å². The molecule has 1 unspecified atom stereocenters. The molecule has 1 atom stereocenters. The predicted molar refractivity (Wildman–Crippen MR) is 117 cm³/mol. The van der Waals surface area contributed by atoms with Crippen molar-refractivity contribution in [3.8, 4) is 0 Å². The maximum atomic E-state index is 12.9. The summed E-state index contributed by atoms with van der Waals surface area (Å²) in [4.78, 5) is 41.0. The number of piperazine rings is 1. The maximum absolute atomic E-state index is 12.9. The monoisotopic (exact) mass is 407 g/mol. The van der Waals surface area contributed by atoms with Gasteiger partial charge in [-0.15, -0.1) is 0 Å². The standard InChI is InChI=1S/C24H29N3O3/c1-3-18(2)23(29)25-21-11-7-10-20(16-21)24(30)27-15-14-26(22(28)17-27)13-12-19-8-5-4-6-9-19/h4-11,16,18H,3,12-15,17H2,1-2H3,(H,25,29). The SMILES string of the molecule is CCC(C)C(=O)Nc1cccc(C(=O)N2CCN(CCc3ccccc3)C(=O)C2)c1. The number of hydrogen-bond donors (Lipinski definition) is 1. The first-order valence-corrected chi connectivity index (χ1v) is 10.5. The van der Waals surface area contributed by atoms with E-state index in [0.717, 1.165) is 12.8 Å². The van der Waals surface area contributed by atoms with E-state index in [1.165, 1.54) is 5.56 Å². The summed E-state index contributed by atoms with van der Waals surface area (Å²) in [5.41, 5.74) is 2.27. The Bertz CT molecular complexity index is 898. The van der Waals surface area contributed by atoms with Gasteiger partial charge < -0.3 is 15.1 Å². The Kier molecular flexibility index (Phi) is 7.22. The molecule has 1 saturated heterocycles. The molecule has 1 aliphatic rings. The van der Waals surface area contributed by atoms with Gasteiger partial charge in [-0.1, -0.05) is 50.2 Å².